The minimum Gasteiger partial charge on any atom is -0.495 e. The number of halogens is 2. The number of hydrogen-bond acceptors (Lipinski definition) is 15. The summed E-state index contributed by atoms with van der Waals surface area (Å²) in [4.78, 5) is 56.0. The number of carbonyl (C=O) groups is 2. The monoisotopic (exact) mass is 1170 g/mol. The summed E-state index contributed by atoms with van der Waals surface area (Å²) in [6.45, 7) is 9.15. The van der Waals surface area contributed by atoms with E-state index in [9.17, 15) is 14.0 Å². The number of nitrogens with two attached hydrogens (primary N) is 2. The van der Waals surface area contributed by atoms with Crippen LogP contribution in [-0.4, -0.2) is 167 Å². The Bertz CT molecular complexity index is 3650. The molecular formula is C64H77ClFN15O4. The van der Waals surface area contributed by atoms with Crippen molar-refractivity contribution in [2.24, 2.45) is 0 Å². The summed E-state index contributed by atoms with van der Waals surface area (Å²) in [5.74, 6) is 0.296. The van der Waals surface area contributed by atoms with Crippen LogP contribution in [0.4, 0.5) is 33.1 Å². The molecule has 0 bridgehead atoms. The fraction of sp³-hybridized carbons (Fsp3) is 0.406. The van der Waals surface area contributed by atoms with Crippen molar-refractivity contribution in [1.82, 2.24) is 48.7 Å². The minimum atomic E-state index is -0.698. The van der Waals surface area contributed by atoms with Crippen LogP contribution in [0.2, 0.25) is 5.02 Å². The number of nitrogens with zero attached hydrogens (tertiary/aromatic N) is 11. The van der Waals surface area contributed by atoms with E-state index in [0.29, 0.717) is 64.2 Å². The van der Waals surface area contributed by atoms with Gasteiger partial charge in [0.1, 0.15) is 52.9 Å². The Labute approximate surface area is 501 Å². The maximum atomic E-state index is 14.3. The Kier molecular flexibility index (Phi) is 17.8. The lowest BCUT2D eigenvalue weighted by Crippen LogP contribution is -2.49. The predicted octanol–water partition coefficient (Wildman–Crippen LogP) is 10.2. The molecule has 2 amide bonds. The van der Waals surface area contributed by atoms with Gasteiger partial charge in [0.2, 0.25) is 0 Å². The number of hydrogen-bond donors (Lipinski definition) is 4. The summed E-state index contributed by atoms with van der Waals surface area (Å²) < 4.78 is 30.3. The highest BCUT2D eigenvalue weighted by atomic mass is 35.5. The Hall–Kier alpha value is -7.88. The summed E-state index contributed by atoms with van der Waals surface area (Å²) >= 11 is 6.10. The number of ether oxygens (including phenoxy) is 2. The summed E-state index contributed by atoms with van der Waals surface area (Å²) in [6, 6.07) is 24.8. The van der Waals surface area contributed by atoms with Crippen molar-refractivity contribution in [2.45, 2.75) is 75.5 Å². The fourth-order valence-corrected chi connectivity index (χ4v) is 13.2. The molecule has 6 N–H and O–H groups in total. The van der Waals surface area contributed by atoms with Crippen LogP contribution in [0.1, 0.15) is 84.2 Å². The molecule has 0 spiro atoms. The van der Waals surface area contributed by atoms with Gasteiger partial charge in [-0.15, -0.1) is 0 Å². The molecule has 0 radical (unpaired) electrons. The minimum absolute atomic E-state index is 0.0314. The summed E-state index contributed by atoms with van der Waals surface area (Å²) in [6.07, 6.45) is 16.4. The first-order valence-corrected chi connectivity index (χ1v) is 29.8. The third kappa shape index (κ3) is 12.6. The smallest absolute Gasteiger partial charge is 0.260 e. The number of amides is 2. The number of nitrogen functional groups attached to an aromatic ring is 2. The second kappa shape index (κ2) is 25.8. The maximum absolute atomic E-state index is 14.3. The number of piperazine rings is 2. The molecule has 21 heteroatoms. The molecule has 4 aromatic heterocycles. The number of fused-ring (bicyclic) bond motifs is 2. The van der Waals surface area contributed by atoms with E-state index in [1.807, 2.05) is 73.6 Å². The lowest BCUT2D eigenvalue weighted by molar-refractivity contribution is 0.0827. The number of rotatable bonds is 13. The van der Waals surface area contributed by atoms with Gasteiger partial charge in [0.05, 0.1) is 47.0 Å². The van der Waals surface area contributed by atoms with Crippen molar-refractivity contribution in [3.8, 4) is 33.8 Å². The lowest BCUT2D eigenvalue weighted by atomic mass is 9.89. The number of aromatic nitrogens is 6. The first-order valence-electron chi connectivity index (χ1n) is 29.4. The zero-order valence-electron chi connectivity index (χ0n) is 49.4. The second-order valence-electron chi connectivity index (χ2n) is 23.2. The van der Waals surface area contributed by atoms with E-state index in [4.69, 9.17) is 37.5 Å². The Morgan fingerprint density at radius 1 is 0.588 bits per heavy atom. The topological polar surface area (TPSA) is 206 Å². The standard InChI is InChI=1S/C33H42N8O2.C31H35ClFN7O2/c1-38(2)24-8-5-22(6-9-24)33(42)37-28-14-7-23(19-29(28)43-4)27-20-41(32-30(27)31(34)35-21-36-32)26-12-10-25(11-13-26)40-17-15-39(3)16-18-40;1-38-12-14-39(15-13-38)20-7-9-21(10-8-20)40-17-22(27-29(34)35-18-36-30(27)40)19-6-11-25(26(16-19)42-2)37-31(41)28-23(32)4-3-5-24(28)33/h5-9,14,19-21,25-26H,10-13,15-18H2,1-4H3,(H,37,42)(H2,34,35,36);3-6,11,16-18,20-21H,7-10,12-15H2,1-2H3,(H,37,41)(H2,34,35,36). The van der Waals surface area contributed by atoms with Gasteiger partial charge >= 0.3 is 0 Å². The van der Waals surface area contributed by atoms with E-state index in [2.05, 4.69) is 80.8 Å². The van der Waals surface area contributed by atoms with Crippen LogP contribution in [0.3, 0.4) is 0 Å². The average Bonchev–Trinajstić information content (AvgIpc) is 1.89. The van der Waals surface area contributed by atoms with Gasteiger partial charge in [-0.3, -0.25) is 19.4 Å². The molecule has 0 atom stereocenters. The maximum Gasteiger partial charge on any atom is 0.260 e. The van der Waals surface area contributed by atoms with E-state index in [-0.39, 0.29) is 16.5 Å². The Balaban J connectivity index is 0.000000177. The molecule has 2 aliphatic carbocycles. The van der Waals surface area contributed by atoms with Crippen LogP contribution < -0.4 is 36.5 Å². The number of nitrogens with one attached hydrogen (secondary N) is 2. The van der Waals surface area contributed by atoms with Gasteiger partial charge in [-0.2, -0.15) is 0 Å². The molecule has 8 aromatic rings. The summed E-state index contributed by atoms with van der Waals surface area (Å²) in [5, 5.41) is 7.40. The van der Waals surface area contributed by atoms with Gasteiger partial charge in [-0.25, -0.2) is 24.3 Å². The fourth-order valence-electron chi connectivity index (χ4n) is 12.9. The van der Waals surface area contributed by atoms with Crippen LogP contribution in [0.5, 0.6) is 11.5 Å². The molecule has 4 aliphatic rings. The van der Waals surface area contributed by atoms with Crippen molar-refractivity contribution >= 4 is 74.2 Å². The van der Waals surface area contributed by atoms with E-state index < -0.39 is 11.7 Å². The van der Waals surface area contributed by atoms with Crippen LogP contribution in [-0.2, 0) is 0 Å². The normalized spacial score (nSPS) is 20.0. The molecule has 0 unspecified atom stereocenters. The van der Waals surface area contributed by atoms with Crippen molar-refractivity contribution in [3.05, 3.63) is 126 Å². The van der Waals surface area contributed by atoms with Crippen molar-refractivity contribution < 1.29 is 23.5 Å². The van der Waals surface area contributed by atoms with E-state index >= 15 is 0 Å². The van der Waals surface area contributed by atoms with E-state index in [1.54, 1.807) is 19.5 Å². The molecule has 446 valence electrons. The predicted molar refractivity (Wildman–Crippen MR) is 337 cm³/mol. The molecule has 2 aliphatic heterocycles. The Morgan fingerprint density at radius 2 is 1.02 bits per heavy atom. The summed E-state index contributed by atoms with van der Waals surface area (Å²) in [7, 11) is 11.5. The second-order valence-corrected chi connectivity index (χ2v) is 23.6. The lowest BCUT2D eigenvalue weighted by Gasteiger charge is -2.41. The SMILES string of the molecule is COc1cc(-c2cn(C3CCC(N4CCN(C)CC4)CC3)c3ncnc(N)c23)ccc1NC(=O)c1c(F)cccc1Cl.COc1cc(-c2cn(C3CCC(N4CCN(C)CC4)CC3)c3ncnc(N)c23)ccc1NC(=O)c1ccc(N(C)C)cc1. The number of benzene rings is 4. The zero-order chi connectivity index (χ0) is 59.5. The highest BCUT2D eigenvalue weighted by Gasteiger charge is 2.32. The number of anilines is 5. The average molecular weight is 1170 g/mol. The largest absolute Gasteiger partial charge is 0.495 e. The first kappa shape index (κ1) is 58.9. The van der Waals surface area contributed by atoms with E-state index in [0.717, 1.165) is 141 Å². The highest BCUT2D eigenvalue weighted by Crippen LogP contribution is 2.43. The summed E-state index contributed by atoms with van der Waals surface area (Å²) in [5.41, 5.74) is 20.5. The molecule has 4 fully saturated rings. The van der Waals surface area contributed by atoms with Crippen LogP contribution in [0.25, 0.3) is 44.3 Å². The molecular weight excluding hydrogens is 1100 g/mol. The Morgan fingerprint density at radius 3 is 1.45 bits per heavy atom. The molecule has 4 aromatic carbocycles. The van der Waals surface area contributed by atoms with Gasteiger partial charge < -0.3 is 55.4 Å². The molecule has 6 heterocycles. The van der Waals surface area contributed by atoms with Crippen LogP contribution in [0, 0.1) is 5.82 Å². The quantitative estimate of drug-likeness (QED) is 0.0847. The number of likely N-dealkylation sites (N-methyl/N-ethyl adjacent to an activating group) is 2. The molecule has 85 heavy (non-hydrogen) atoms. The van der Waals surface area contributed by atoms with Crippen molar-refractivity contribution in [2.75, 3.05) is 122 Å². The first-order chi connectivity index (χ1) is 41.2. The zero-order valence-corrected chi connectivity index (χ0v) is 50.2. The molecule has 2 saturated heterocycles. The van der Waals surface area contributed by atoms with Crippen molar-refractivity contribution in [3.63, 3.8) is 0 Å². The highest BCUT2D eigenvalue weighted by molar-refractivity contribution is 6.34. The molecule has 12 rings (SSSR count). The molecule has 2 saturated carbocycles. The third-order valence-electron chi connectivity index (χ3n) is 17.9. The van der Waals surface area contributed by atoms with Crippen LogP contribution >= 0.6 is 11.6 Å². The van der Waals surface area contributed by atoms with Crippen LogP contribution in [0.15, 0.2) is 104 Å². The van der Waals surface area contributed by atoms with Gasteiger partial charge in [0.15, 0.2) is 0 Å². The van der Waals surface area contributed by atoms with Gasteiger partial charge in [0, 0.05) is 125 Å². The van der Waals surface area contributed by atoms with E-state index in [1.165, 1.54) is 44.5 Å². The molecule has 19 nitrogen and oxygen atoms in total. The van der Waals surface area contributed by atoms with Crippen molar-refractivity contribution in [1.29, 1.82) is 0 Å². The third-order valence-corrected chi connectivity index (χ3v) is 18.2. The van der Waals surface area contributed by atoms with Gasteiger partial charge in [0.25, 0.3) is 11.8 Å². The number of methoxy groups -OCH3 is 2. The van der Waals surface area contributed by atoms with Gasteiger partial charge in [-0.1, -0.05) is 29.8 Å². The van der Waals surface area contributed by atoms with Gasteiger partial charge in [-0.05, 0) is 137 Å². The number of carbonyl (C=O) groups excluding carboxylic acids is 2.